The molecule has 1 N–H and O–H groups in total. The monoisotopic (exact) mass is 452 g/mol. The van der Waals surface area contributed by atoms with Gasteiger partial charge in [0.2, 0.25) is 0 Å². The molecule has 5 aliphatic carbocycles. The van der Waals surface area contributed by atoms with Crippen molar-refractivity contribution in [2.45, 2.75) is 111 Å². The number of nitrogens with zero attached hydrogens (tertiary/aromatic N) is 2. The highest BCUT2D eigenvalue weighted by atomic mass is 16.3. The Hall–Kier alpha value is -0.830. The Kier molecular flexibility index (Phi) is 5.20. The van der Waals surface area contributed by atoms with Gasteiger partial charge in [0.05, 0.1) is 18.3 Å². The molecule has 5 aliphatic rings. The number of aliphatic hydroxyl groups is 1. The van der Waals surface area contributed by atoms with E-state index in [1.807, 2.05) is 10.9 Å². The number of hydrogen-bond acceptors (Lipinski definition) is 2. The number of aromatic nitrogens is 2. The fourth-order valence-electron chi connectivity index (χ4n) is 10.8. The first-order chi connectivity index (χ1) is 15.6. The van der Waals surface area contributed by atoms with Gasteiger partial charge in [0, 0.05) is 6.20 Å². The molecule has 1 aromatic rings. The van der Waals surface area contributed by atoms with Gasteiger partial charge in [0.1, 0.15) is 0 Å². The van der Waals surface area contributed by atoms with E-state index in [0.29, 0.717) is 17.9 Å². The molecule has 6 rings (SSSR count). The molecule has 3 heteroatoms. The Morgan fingerprint density at radius 1 is 1.06 bits per heavy atom. The molecule has 33 heavy (non-hydrogen) atoms. The van der Waals surface area contributed by atoms with E-state index in [1.165, 1.54) is 69.8 Å². The third-order valence-corrected chi connectivity index (χ3v) is 12.0. The summed E-state index contributed by atoms with van der Waals surface area (Å²) in [6.45, 7) is 12.6. The van der Waals surface area contributed by atoms with E-state index in [-0.39, 0.29) is 5.41 Å². The summed E-state index contributed by atoms with van der Waals surface area (Å²) < 4.78 is 2.00. The zero-order valence-corrected chi connectivity index (χ0v) is 21.9. The molecule has 5 saturated carbocycles. The first-order valence-electron chi connectivity index (χ1n) is 14.3. The molecule has 0 bridgehead atoms. The Balaban J connectivity index is 1.31. The Labute approximate surface area is 202 Å². The summed E-state index contributed by atoms with van der Waals surface area (Å²) in [6.07, 6.45) is 18.2. The SMILES string of the molecule is Cc1cnn(CC(C)(O)[C@H]2C[C@@H](C3CC3)C3[C@@H]4CC[C@]5(C)C[C@@H](C)CC[C@@H]5C4CC[C@@]32C)c1. The fourth-order valence-corrected chi connectivity index (χ4v) is 10.8. The first kappa shape index (κ1) is 22.6. The Morgan fingerprint density at radius 3 is 2.52 bits per heavy atom. The minimum Gasteiger partial charge on any atom is -0.388 e. The van der Waals surface area contributed by atoms with Crippen LogP contribution < -0.4 is 0 Å². The van der Waals surface area contributed by atoms with Gasteiger partial charge in [-0.15, -0.1) is 0 Å². The van der Waals surface area contributed by atoms with Crippen molar-refractivity contribution >= 4 is 0 Å². The molecule has 3 nitrogen and oxygen atoms in total. The number of fused-ring (bicyclic) bond motifs is 5. The van der Waals surface area contributed by atoms with Crippen LogP contribution in [0.25, 0.3) is 0 Å². The van der Waals surface area contributed by atoms with E-state index < -0.39 is 5.60 Å². The van der Waals surface area contributed by atoms with E-state index in [0.717, 1.165) is 41.4 Å². The molecule has 0 radical (unpaired) electrons. The Morgan fingerprint density at radius 2 is 1.82 bits per heavy atom. The van der Waals surface area contributed by atoms with Crippen LogP contribution in [0.15, 0.2) is 12.4 Å². The van der Waals surface area contributed by atoms with Crippen molar-refractivity contribution < 1.29 is 5.11 Å². The molecule has 1 aromatic heterocycles. The molecule has 0 amide bonds. The van der Waals surface area contributed by atoms with Crippen molar-refractivity contribution in [1.29, 1.82) is 0 Å². The van der Waals surface area contributed by atoms with Gasteiger partial charge < -0.3 is 5.11 Å². The van der Waals surface area contributed by atoms with Gasteiger partial charge in [-0.3, -0.25) is 4.68 Å². The average molecular weight is 453 g/mol. The van der Waals surface area contributed by atoms with E-state index in [9.17, 15) is 5.11 Å². The number of rotatable bonds is 4. The van der Waals surface area contributed by atoms with Crippen molar-refractivity contribution in [3.05, 3.63) is 18.0 Å². The maximum absolute atomic E-state index is 12.0. The van der Waals surface area contributed by atoms with Crippen molar-refractivity contribution in [2.75, 3.05) is 0 Å². The van der Waals surface area contributed by atoms with Crippen molar-refractivity contribution in [1.82, 2.24) is 9.78 Å². The summed E-state index contributed by atoms with van der Waals surface area (Å²) >= 11 is 0. The van der Waals surface area contributed by atoms with Crippen molar-refractivity contribution in [3.63, 3.8) is 0 Å². The van der Waals surface area contributed by atoms with E-state index >= 15 is 0 Å². The lowest BCUT2D eigenvalue weighted by atomic mass is 9.44. The maximum atomic E-state index is 12.0. The minimum atomic E-state index is -0.689. The topological polar surface area (TPSA) is 38.0 Å². The van der Waals surface area contributed by atoms with Crippen LogP contribution in [0.1, 0.15) is 97.5 Å². The van der Waals surface area contributed by atoms with Gasteiger partial charge >= 0.3 is 0 Å². The number of hydrogen-bond donors (Lipinski definition) is 1. The van der Waals surface area contributed by atoms with Gasteiger partial charge in [0.25, 0.3) is 0 Å². The fraction of sp³-hybridized carbons (Fsp3) is 0.900. The summed E-state index contributed by atoms with van der Waals surface area (Å²) in [6, 6.07) is 0. The summed E-state index contributed by atoms with van der Waals surface area (Å²) in [5.41, 5.74) is 1.38. The van der Waals surface area contributed by atoms with Gasteiger partial charge in [-0.2, -0.15) is 5.10 Å². The highest BCUT2D eigenvalue weighted by molar-refractivity contribution is 5.15. The third kappa shape index (κ3) is 3.57. The smallest absolute Gasteiger partial charge is 0.0848 e. The maximum Gasteiger partial charge on any atom is 0.0848 e. The van der Waals surface area contributed by atoms with Crippen LogP contribution in [0, 0.1) is 65.1 Å². The normalized spacial score (nSPS) is 49.1. The van der Waals surface area contributed by atoms with Crippen LogP contribution >= 0.6 is 0 Å². The summed E-state index contributed by atoms with van der Waals surface area (Å²) in [7, 11) is 0. The zero-order chi connectivity index (χ0) is 23.2. The lowest BCUT2D eigenvalue weighted by Gasteiger charge is -2.61. The van der Waals surface area contributed by atoms with E-state index in [2.05, 4.69) is 45.9 Å². The predicted octanol–water partition coefficient (Wildman–Crippen LogP) is 6.87. The van der Waals surface area contributed by atoms with Gasteiger partial charge in [-0.25, -0.2) is 0 Å². The average Bonchev–Trinajstić information content (AvgIpc) is 3.42. The second kappa shape index (κ2) is 7.58. The first-order valence-corrected chi connectivity index (χ1v) is 14.3. The van der Waals surface area contributed by atoms with Crippen molar-refractivity contribution in [2.24, 2.45) is 58.2 Å². The molecule has 1 heterocycles. The van der Waals surface area contributed by atoms with Crippen LogP contribution in [0.3, 0.4) is 0 Å². The summed E-state index contributed by atoms with van der Waals surface area (Å²) in [5.74, 6) is 6.78. The molecule has 0 aliphatic heterocycles. The molecule has 3 unspecified atom stereocenters. The quantitative estimate of drug-likeness (QED) is 0.541. The molecular formula is C30H48N2O. The molecule has 0 saturated heterocycles. The molecule has 5 fully saturated rings. The van der Waals surface area contributed by atoms with Crippen LogP contribution in [0.2, 0.25) is 0 Å². The standard InChI is InChI=1S/C30H48N2O/c1-19-6-9-25-22-11-13-29(4)26(30(5,33)18-32-17-20(2)16-31-32)14-24(21-7-8-21)27(29)23(22)10-12-28(25,3)15-19/h16-17,19,21-27,33H,6-15,18H2,1-5H3/t19-,22?,23+,24-,25+,26-,27?,28+,29+,30?/m0/s1. The lowest BCUT2D eigenvalue weighted by molar-refractivity contribution is -0.136. The van der Waals surface area contributed by atoms with Gasteiger partial charge in [-0.1, -0.05) is 27.2 Å². The van der Waals surface area contributed by atoms with Gasteiger partial charge in [-0.05, 0) is 135 Å². The zero-order valence-electron chi connectivity index (χ0n) is 21.9. The highest BCUT2D eigenvalue weighted by Crippen LogP contribution is 2.71. The second-order valence-electron chi connectivity index (χ2n) is 14.4. The van der Waals surface area contributed by atoms with Crippen LogP contribution in [0.4, 0.5) is 0 Å². The predicted molar refractivity (Wildman–Crippen MR) is 134 cm³/mol. The Bertz CT molecular complexity index is 886. The van der Waals surface area contributed by atoms with E-state index in [1.54, 1.807) is 0 Å². The van der Waals surface area contributed by atoms with Gasteiger partial charge in [0.15, 0.2) is 0 Å². The molecule has 0 spiro atoms. The number of aryl methyl sites for hydroxylation is 1. The summed E-state index contributed by atoms with van der Waals surface area (Å²) in [5, 5.41) is 16.5. The minimum absolute atomic E-state index is 0.288. The molecule has 10 atom stereocenters. The van der Waals surface area contributed by atoms with Crippen LogP contribution in [-0.2, 0) is 6.54 Å². The lowest BCUT2D eigenvalue weighted by Crippen LogP contribution is -2.55. The second-order valence-corrected chi connectivity index (χ2v) is 14.4. The summed E-state index contributed by atoms with van der Waals surface area (Å²) in [4.78, 5) is 0. The molecule has 0 aromatic carbocycles. The van der Waals surface area contributed by atoms with E-state index in [4.69, 9.17) is 0 Å². The largest absolute Gasteiger partial charge is 0.388 e. The van der Waals surface area contributed by atoms with Crippen molar-refractivity contribution in [3.8, 4) is 0 Å². The van der Waals surface area contributed by atoms with Crippen LogP contribution in [-0.4, -0.2) is 20.5 Å². The van der Waals surface area contributed by atoms with Crippen LogP contribution in [0.5, 0.6) is 0 Å². The third-order valence-electron chi connectivity index (χ3n) is 12.0. The molecular weight excluding hydrogens is 404 g/mol. The highest BCUT2D eigenvalue weighted by Gasteiger charge is 2.66. The molecule has 184 valence electrons.